The second kappa shape index (κ2) is 10.8. The lowest BCUT2D eigenvalue weighted by molar-refractivity contribution is 0.0985. The van der Waals surface area contributed by atoms with Crippen LogP contribution in [-0.2, 0) is 32.9 Å². The first-order valence-electron chi connectivity index (χ1n) is 12.2. The molecule has 1 saturated heterocycles. The van der Waals surface area contributed by atoms with Crippen molar-refractivity contribution in [1.29, 1.82) is 0 Å². The number of urea groups is 1. The summed E-state index contributed by atoms with van der Waals surface area (Å²) in [4.78, 5) is 23.2. The number of ether oxygens (including phenoxy) is 1. The summed E-state index contributed by atoms with van der Waals surface area (Å²) in [6.45, 7) is 6.45. The fraction of sp³-hybridized carbons (Fsp3) is 0.440. The van der Waals surface area contributed by atoms with Crippen molar-refractivity contribution < 1.29 is 26.7 Å². The Morgan fingerprint density at radius 1 is 1.21 bits per heavy atom. The third-order valence-corrected chi connectivity index (χ3v) is 8.73. The van der Waals surface area contributed by atoms with Crippen LogP contribution in [0.2, 0.25) is 0 Å². The normalized spacial score (nSPS) is 16.3. The van der Waals surface area contributed by atoms with Gasteiger partial charge in [0.15, 0.2) is 27.3 Å². The van der Waals surface area contributed by atoms with Crippen LogP contribution in [0.25, 0.3) is 11.4 Å². The van der Waals surface area contributed by atoms with Crippen LogP contribution in [0, 0.1) is 11.6 Å². The Morgan fingerprint density at radius 2 is 1.90 bits per heavy atom. The summed E-state index contributed by atoms with van der Waals surface area (Å²) in [5, 5.41) is 8.69. The molecule has 0 unspecified atom stereocenters. The number of aromatic nitrogens is 4. The number of rotatable bonds is 7. The van der Waals surface area contributed by atoms with Crippen LogP contribution in [-0.4, -0.2) is 66.3 Å². The van der Waals surface area contributed by atoms with Gasteiger partial charge in [-0.15, -0.1) is 0 Å². The predicted molar refractivity (Wildman–Crippen MR) is 142 cm³/mol. The molecule has 3 heterocycles. The number of amides is 2. The lowest BCUT2D eigenvalue weighted by atomic mass is 10.1. The van der Waals surface area contributed by atoms with Crippen LogP contribution in [0.4, 0.5) is 25.1 Å². The molecule has 3 aromatic rings. The van der Waals surface area contributed by atoms with Gasteiger partial charge < -0.3 is 20.3 Å². The maximum absolute atomic E-state index is 15.1. The molecule has 1 aromatic carbocycles. The smallest absolute Gasteiger partial charge is 0.319 e. The van der Waals surface area contributed by atoms with E-state index in [9.17, 15) is 13.2 Å². The number of carbonyl (C=O) groups excluding carboxylic acids is 1. The molecule has 0 aliphatic carbocycles. The van der Waals surface area contributed by atoms with Gasteiger partial charge in [0.05, 0.1) is 31.1 Å². The molecular weight excluding hydrogens is 532 g/mol. The van der Waals surface area contributed by atoms with Crippen molar-refractivity contribution in [3.63, 3.8) is 0 Å². The summed E-state index contributed by atoms with van der Waals surface area (Å²) < 4.78 is 61.0. The summed E-state index contributed by atoms with van der Waals surface area (Å²) >= 11 is 0. The quantitative estimate of drug-likeness (QED) is 0.449. The summed E-state index contributed by atoms with van der Waals surface area (Å²) in [6, 6.07) is 2.71. The Labute approximate surface area is 225 Å². The average molecular weight is 564 g/mol. The zero-order valence-corrected chi connectivity index (χ0v) is 23.1. The Hall–Kier alpha value is -3.65. The molecule has 4 rings (SSSR count). The van der Waals surface area contributed by atoms with E-state index in [1.807, 2.05) is 11.8 Å². The Kier molecular flexibility index (Phi) is 7.89. The molecule has 0 spiro atoms. The summed E-state index contributed by atoms with van der Waals surface area (Å²) in [5.74, 6) is -1.72. The molecular formula is C25H31F2N7O4S. The highest BCUT2D eigenvalue weighted by Crippen LogP contribution is 2.33. The molecule has 210 valence electrons. The number of nitrogens with one attached hydrogen (secondary N) is 2. The zero-order chi connectivity index (χ0) is 28.5. The predicted octanol–water partition coefficient (Wildman–Crippen LogP) is 2.98. The standard InChI is InChI=1S/C25H31F2N7O4S/c1-15-14-38-7-6-34(15)21-10-20(25(2,3)39(5,36)37)30-23(31-21)17-8-18(26)22(19(27)9-17)32-24(35)28-11-16-12-29-33(4)13-16/h8-10,12-13,15H,6-7,11,14H2,1-5H3,(H2,28,32,35)/t15-/m0/s1. The van der Waals surface area contributed by atoms with Gasteiger partial charge in [-0.25, -0.2) is 32.0 Å². The highest BCUT2D eigenvalue weighted by Gasteiger charge is 2.36. The van der Waals surface area contributed by atoms with Crippen molar-refractivity contribution in [2.24, 2.45) is 7.05 Å². The van der Waals surface area contributed by atoms with E-state index in [2.05, 4.69) is 25.7 Å². The molecule has 1 fully saturated rings. The molecule has 2 aromatic heterocycles. The van der Waals surface area contributed by atoms with Crippen LogP contribution < -0.4 is 15.5 Å². The van der Waals surface area contributed by atoms with Crippen molar-refractivity contribution in [2.45, 2.75) is 38.1 Å². The highest BCUT2D eigenvalue weighted by molar-refractivity contribution is 7.91. The molecule has 1 aliphatic heterocycles. The van der Waals surface area contributed by atoms with Gasteiger partial charge in [-0.2, -0.15) is 5.10 Å². The number of morpholine rings is 1. The molecule has 11 nitrogen and oxygen atoms in total. The van der Waals surface area contributed by atoms with Gasteiger partial charge in [0, 0.05) is 49.8 Å². The van der Waals surface area contributed by atoms with E-state index in [1.54, 1.807) is 30.2 Å². The number of sulfone groups is 1. The summed E-state index contributed by atoms with van der Waals surface area (Å²) in [7, 11) is -1.89. The molecule has 1 aliphatic rings. The number of hydrogen-bond acceptors (Lipinski definition) is 8. The minimum absolute atomic E-state index is 0.0142. The second-order valence-electron chi connectivity index (χ2n) is 9.98. The number of halogens is 2. The Bertz CT molecular complexity index is 1470. The van der Waals surface area contributed by atoms with Crippen LogP contribution in [0.5, 0.6) is 0 Å². The van der Waals surface area contributed by atoms with Gasteiger partial charge >= 0.3 is 6.03 Å². The second-order valence-corrected chi connectivity index (χ2v) is 12.5. The molecule has 39 heavy (non-hydrogen) atoms. The Balaban J connectivity index is 1.67. The number of nitrogens with zero attached hydrogens (tertiary/aromatic N) is 5. The van der Waals surface area contributed by atoms with Crippen molar-refractivity contribution in [2.75, 3.05) is 36.2 Å². The van der Waals surface area contributed by atoms with Crippen LogP contribution in [0.15, 0.2) is 30.6 Å². The molecule has 0 bridgehead atoms. The number of carbonyl (C=O) groups is 1. The SMILES string of the molecule is C[C@H]1COCCN1c1cc(C(C)(C)S(C)(=O)=O)nc(-c2cc(F)c(NC(=O)NCc3cnn(C)c3)c(F)c2)n1. The van der Waals surface area contributed by atoms with Gasteiger partial charge in [0.1, 0.15) is 16.3 Å². The number of benzene rings is 1. The van der Waals surface area contributed by atoms with Crippen molar-refractivity contribution in [1.82, 2.24) is 25.1 Å². The van der Waals surface area contributed by atoms with Crippen molar-refractivity contribution in [3.8, 4) is 11.4 Å². The van der Waals surface area contributed by atoms with E-state index in [0.717, 1.165) is 18.4 Å². The summed E-state index contributed by atoms with van der Waals surface area (Å²) in [5.41, 5.74) is 0.238. The van der Waals surface area contributed by atoms with E-state index in [-0.39, 0.29) is 29.7 Å². The highest BCUT2D eigenvalue weighted by atomic mass is 32.2. The largest absolute Gasteiger partial charge is 0.377 e. The minimum Gasteiger partial charge on any atom is -0.377 e. The van der Waals surface area contributed by atoms with Crippen LogP contribution >= 0.6 is 0 Å². The lowest BCUT2D eigenvalue weighted by Gasteiger charge is -2.35. The van der Waals surface area contributed by atoms with Gasteiger partial charge in [0.2, 0.25) is 0 Å². The third-order valence-electron chi connectivity index (χ3n) is 6.67. The third kappa shape index (κ3) is 6.17. The first-order chi connectivity index (χ1) is 18.3. The first kappa shape index (κ1) is 28.4. The fourth-order valence-corrected chi connectivity index (χ4v) is 4.49. The van der Waals surface area contributed by atoms with Gasteiger partial charge in [0.25, 0.3) is 0 Å². The minimum atomic E-state index is -3.62. The average Bonchev–Trinajstić information content (AvgIpc) is 3.29. The lowest BCUT2D eigenvalue weighted by Crippen LogP contribution is -2.44. The Morgan fingerprint density at radius 3 is 2.49 bits per heavy atom. The topological polar surface area (TPSA) is 131 Å². The van der Waals surface area contributed by atoms with E-state index in [4.69, 9.17) is 4.74 Å². The van der Waals surface area contributed by atoms with Gasteiger partial charge in [-0.3, -0.25) is 4.68 Å². The van der Waals surface area contributed by atoms with Gasteiger partial charge in [-0.1, -0.05) is 0 Å². The summed E-state index contributed by atoms with van der Waals surface area (Å²) in [6.07, 6.45) is 4.35. The molecule has 14 heteroatoms. The molecule has 0 saturated carbocycles. The fourth-order valence-electron chi connectivity index (χ4n) is 4.00. The molecule has 0 radical (unpaired) electrons. The van der Waals surface area contributed by atoms with Crippen molar-refractivity contribution in [3.05, 3.63) is 53.5 Å². The maximum Gasteiger partial charge on any atom is 0.319 e. The number of hydrogen-bond donors (Lipinski definition) is 2. The van der Waals surface area contributed by atoms with Gasteiger partial charge in [-0.05, 0) is 32.9 Å². The molecule has 2 N–H and O–H groups in total. The van der Waals surface area contributed by atoms with E-state index in [1.165, 1.54) is 13.8 Å². The van der Waals surface area contributed by atoms with Crippen LogP contribution in [0.3, 0.4) is 0 Å². The molecule has 1 atom stereocenters. The zero-order valence-electron chi connectivity index (χ0n) is 22.3. The maximum atomic E-state index is 15.1. The van der Waals surface area contributed by atoms with E-state index < -0.39 is 37.9 Å². The van der Waals surface area contributed by atoms with E-state index >= 15 is 8.78 Å². The monoisotopic (exact) mass is 563 g/mol. The molecule has 2 amide bonds. The number of anilines is 2. The van der Waals surface area contributed by atoms with Crippen molar-refractivity contribution >= 4 is 27.4 Å². The van der Waals surface area contributed by atoms with E-state index in [0.29, 0.717) is 31.1 Å². The number of aryl methyl sites for hydroxylation is 1. The first-order valence-corrected chi connectivity index (χ1v) is 14.1. The van der Waals surface area contributed by atoms with Crippen LogP contribution in [0.1, 0.15) is 32.0 Å².